The van der Waals surface area contributed by atoms with Gasteiger partial charge in [-0.2, -0.15) is 0 Å². The van der Waals surface area contributed by atoms with Gasteiger partial charge in [-0.15, -0.1) is 0 Å². The third-order valence-electron chi connectivity index (χ3n) is 1.66. The van der Waals surface area contributed by atoms with Gasteiger partial charge in [0.25, 0.3) is 0 Å². The Hall–Kier alpha value is -1.51. The summed E-state index contributed by atoms with van der Waals surface area (Å²) in [5.74, 6) is -0.188. The first-order valence-corrected chi connectivity index (χ1v) is 3.31. The molecule has 0 radical (unpaired) electrons. The monoisotopic (exact) mass is 147 g/mol. The van der Waals surface area contributed by atoms with Crippen molar-refractivity contribution < 1.29 is 9.59 Å². The SMILES string of the molecule is O=C1C=C2C(=O)C=NC2=CC1. The van der Waals surface area contributed by atoms with Gasteiger partial charge in [-0.3, -0.25) is 14.6 Å². The third-order valence-corrected chi connectivity index (χ3v) is 1.66. The first-order chi connectivity index (χ1) is 5.27. The molecule has 0 amide bonds. The Morgan fingerprint density at radius 2 is 2.18 bits per heavy atom. The number of Topliss-reactive ketones (excluding diaryl/α,β-unsaturated/α-hetero) is 1. The Balaban J connectivity index is 2.50. The van der Waals surface area contributed by atoms with E-state index in [0.29, 0.717) is 17.7 Å². The molecule has 3 nitrogen and oxygen atoms in total. The minimum Gasteiger partial charge on any atom is -0.294 e. The van der Waals surface area contributed by atoms with E-state index in [1.54, 1.807) is 6.08 Å². The van der Waals surface area contributed by atoms with Crippen LogP contribution in [0.15, 0.2) is 28.4 Å². The first kappa shape index (κ1) is 6.22. The molecular weight excluding hydrogens is 142 g/mol. The smallest absolute Gasteiger partial charge is 0.206 e. The van der Waals surface area contributed by atoms with Crippen LogP contribution < -0.4 is 0 Å². The van der Waals surface area contributed by atoms with E-state index in [4.69, 9.17) is 0 Å². The zero-order chi connectivity index (χ0) is 7.84. The maximum atomic E-state index is 10.9. The number of fused-ring (bicyclic) bond motifs is 1. The average molecular weight is 147 g/mol. The van der Waals surface area contributed by atoms with Crippen molar-refractivity contribution in [1.82, 2.24) is 0 Å². The lowest BCUT2D eigenvalue weighted by atomic mass is 10.0. The van der Waals surface area contributed by atoms with Gasteiger partial charge in [0.2, 0.25) is 5.78 Å². The summed E-state index contributed by atoms with van der Waals surface area (Å²) in [6.07, 6.45) is 4.66. The van der Waals surface area contributed by atoms with E-state index in [2.05, 4.69) is 4.99 Å². The second-order valence-corrected chi connectivity index (χ2v) is 2.44. The molecule has 0 unspecified atom stereocenters. The van der Waals surface area contributed by atoms with E-state index in [1.165, 1.54) is 12.3 Å². The van der Waals surface area contributed by atoms with E-state index in [-0.39, 0.29) is 11.6 Å². The van der Waals surface area contributed by atoms with Gasteiger partial charge in [0.05, 0.1) is 17.5 Å². The maximum Gasteiger partial charge on any atom is 0.206 e. The molecule has 0 aromatic rings. The molecule has 2 rings (SSSR count). The molecule has 1 aliphatic carbocycles. The summed E-state index contributed by atoms with van der Waals surface area (Å²) in [5, 5.41) is 0. The van der Waals surface area contributed by atoms with E-state index >= 15 is 0 Å². The van der Waals surface area contributed by atoms with Crippen molar-refractivity contribution in [2.45, 2.75) is 6.42 Å². The molecule has 0 atom stereocenters. The molecule has 3 heteroatoms. The number of rotatable bonds is 0. The van der Waals surface area contributed by atoms with Gasteiger partial charge < -0.3 is 0 Å². The van der Waals surface area contributed by atoms with Crippen molar-refractivity contribution in [3.63, 3.8) is 0 Å². The normalized spacial score (nSPS) is 21.5. The third kappa shape index (κ3) is 0.852. The number of nitrogens with zero attached hydrogens (tertiary/aromatic N) is 1. The Morgan fingerprint density at radius 3 is 3.00 bits per heavy atom. The number of allylic oxidation sites excluding steroid dienone is 3. The largest absolute Gasteiger partial charge is 0.294 e. The zero-order valence-electron chi connectivity index (χ0n) is 5.70. The molecule has 0 fully saturated rings. The van der Waals surface area contributed by atoms with E-state index in [1.807, 2.05) is 0 Å². The van der Waals surface area contributed by atoms with Crippen LogP contribution in [-0.4, -0.2) is 17.8 Å². The van der Waals surface area contributed by atoms with Crippen LogP contribution in [0.1, 0.15) is 6.42 Å². The van der Waals surface area contributed by atoms with Crippen LogP contribution in [0.3, 0.4) is 0 Å². The van der Waals surface area contributed by atoms with Crippen molar-refractivity contribution >= 4 is 17.8 Å². The number of ketones is 2. The number of carbonyl (C=O) groups excluding carboxylic acids is 2. The highest BCUT2D eigenvalue weighted by molar-refractivity contribution is 6.40. The van der Waals surface area contributed by atoms with Gasteiger partial charge in [-0.1, -0.05) is 6.08 Å². The van der Waals surface area contributed by atoms with Gasteiger partial charge in [-0.05, 0) is 6.08 Å². The first-order valence-electron chi connectivity index (χ1n) is 3.31. The van der Waals surface area contributed by atoms with Crippen LogP contribution in [0.2, 0.25) is 0 Å². The number of hydrogen-bond acceptors (Lipinski definition) is 3. The summed E-state index contributed by atoms with van der Waals surface area (Å²) in [4.78, 5) is 25.6. The maximum absolute atomic E-state index is 10.9. The highest BCUT2D eigenvalue weighted by Gasteiger charge is 2.22. The predicted molar refractivity (Wildman–Crippen MR) is 39.3 cm³/mol. The summed E-state index contributed by atoms with van der Waals surface area (Å²) < 4.78 is 0. The minimum atomic E-state index is -0.163. The van der Waals surface area contributed by atoms with Crippen molar-refractivity contribution in [2.75, 3.05) is 0 Å². The Morgan fingerprint density at radius 1 is 1.36 bits per heavy atom. The summed E-state index contributed by atoms with van der Waals surface area (Å²) >= 11 is 0. The van der Waals surface area contributed by atoms with Crippen molar-refractivity contribution in [1.29, 1.82) is 0 Å². The Bertz CT molecular complexity index is 334. The summed E-state index contributed by atoms with van der Waals surface area (Å²) in [7, 11) is 0. The van der Waals surface area contributed by atoms with Crippen LogP contribution in [0.4, 0.5) is 0 Å². The molecule has 0 saturated carbocycles. The fraction of sp³-hybridized carbons (Fsp3) is 0.125. The van der Waals surface area contributed by atoms with Crippen LogP contribution in [-0.2, 0) is 9.59 Å². The molecule has 1 heterocycles. The van der Waals surface area contributed by atoms with Gasteiger partial charge in [-0.25, -0.2) is 0 Å². The molecular formula is C8H5NO2. The minimum absolute atomic E-state index is 0.0254. The number of carbonyl (C=O) groups is 2. The summed E-state index contributed by atoms with van der Waals surface area (Å²) in [6, 6.07) is 0. The molecule has 0 N–H and O–H groups in total. The molecule has 1 aliphatic heterocycles. The van der Waals surface area contributed by atoms with Crippen LogP contribution in [0, 0.1) is 0 Å². The van der Waals surface area contributed by atoms with Gasteiger partial charge >= 0.3 is 0 Å². The highest BCUT2D eigenvalue weighted by Crippen LogP contribution is 2.22. The van der Waals surface area contributed by atoms with Gasteiger partial charge in [0.1, 0.15) is 0 Å². The summed E-state index contributed by atoms with van der Waals surface area (Å²) in [6.45, 7) is 0. The molecule has 0 bridgehead atoms. The van der Waals surface area contributed by atoms with E-state index in [0.717, 1.165) is 0 Å². The molecule has 0 aromatic heterocycles. The predicted octanol–water partition coefficient (Wildman–Crippen LogP) is 0.423. The zero-order valence-corrected chi connectivity index (χ0v) is 5.70. The van der Waals surface area contributed by atoms with Gasteiger partial charge in [0, 0.05) is 6.42 Å². The topological polar surface area (TPSA) is 46.5 Å². The van der Waals surface area contributed by atoms with Gasteiger partial charge in [0.15, 0.2) is 5.78 Å². The lowest BCUT2D eigenvalue weighted by molar-refractivity contribution is -0.114. The Kier molecular flexibility index (Phi) is 1.12. The molecule has 2 aliphatic rings. The molecule has 0 aromatic carbocycles. The standard InChI is InChI=1S/C8H5NO2/c10-5-1-2-7-6(3-5)8(11)4-9-7/h2-4H,1H2. The van der Waals surface area contributed by atoms with Crippen LogP contribution in [0.5, 0.6) is 0 Å². The molecule has 11 heavy (non-hydrogen) atoms. The molecule has 0 spiro atoms. The average Bonchev–Trinajstić information content (AvgIpc) is 2.33. The second kappa shape index (κ2) is 1.99. The molecule has 0 saturated heterocycles. The highest BCUT2D eigenvalue weighted by atomic mass is 16.1. The Labute approximate surface area is 63.1 Å². The second-order valence-electron chi connectivity index (χ2n) is 2.44. The number of aliphatic imine (C=N–C) groups is 1. The van der Waals surface area contributed by atoms with Crippen LogP contribution in [0.25, 0.3) is 0 Å². The fourth-order valence-corrected chi connectivity index (χ4v) is 1.12. The van der Waals surface area contributed by atoms with Crippen LogP contribution >= 0.6 is 0 Å². The quantitative estimate of drug-likeness (QED) is 0.498. The number of hydrogen-bond donors (Lipinski definition) is 0. The van der Waals surface area contributed by atoms with Crippen molar-refractivity contribution in [2.24, 2.45) is 4.99 Å². The lowest BCUT2D eigenvalue weighted by Gasteiger charge is -2.01. The fourth-order valence-electron chi connectivity index (χ4n) is 1.12. The van der Waals surface area contributed by atoms with Crippen molar-refractivity contribution in [3.05, 3.63) is 23.4 Å². The van der Waals surface area contributed by atoms with E-state index in [9.17, 15) is 9.59 Å². The van der Waals surface area contributed by atoms with Crippen molar-refractivity contribution in [3.8, 4) is 0 Å². The molecule has 54 valence electrons. The summed E-state index contributed by atoms with van der Waals surface area (Å²) in [5.41, 5.74) is 1.09. The van der Waals surface area contributed by atoms with E-state index < -0.39 is 0 Å². The lowest BCUT2D eigenvalue weighted by Crippen LogP contribution is -2.05.